The van der Waals surface area contributed by atoms with E-state index in [1.807, 2.05) is 6.20 Å². The zero-order valence-corrected chi connectivity index (χ0v) is 10.6. The molecule has 3 rings (SSSR count). The Labute approximate surface area is 103 Å². The van der Waals surface area contributed by atoms with Gasteiger partial charge in [0, 0.05) is 25.8 Å². The average molecular weight is 231 g/mol. The number of aromatic nitrogens is 1. The van der Waals surface area contributed by atoms with Gasteiger partial charge in [0.05, 0.1) is 0 Å². The monoisotopic (exact) mass is 231 g/mol. The van der Waals surface area contributed by atoms with Crippen molar-refractivity contribution < 1.29 is 0 Å². The minimum atomic E-state index is 0.598. The molecule has 1 spiro atoms. The van der Waals surface area contributed by atoms with Gasteiger partial charge in [-0.3, -0.25) is 0 Å². The van der Waals surface area contributed by atoms with Crippen LogP contribution < -0.4 is 10.2 Å². The molecule has 3 heteroatoms. The lowest BCUT2D eigenvalue weighted by molar-refractivity contribution is 0.247. The van der Waals surface area contributed by atoms with Crippen LogP contribution in [-0.2, 0) is 0 Å². The largest absolute Gasteiger partial charge is 0.357 e. The lowest BCUT2D eigenvalue weighted by Gasteiger charge is -2.39. The Hall–Kier alpha value is -1.09. The van der Waals surface area contributed by atoms with E-state index in [0.29, 0.717) is 5.41 Å². The molecule has 0 atom stereocenters. The first kappa shape index (κ1) is 11.0. The van der Waals surface area contributed by atoms with Crippen molar-refractivity contribution >= 4 is 5.82 Å². The maximum absolute atomic E-state index is 4.49. The van der Waals surface area contributed by atoms with Gasteiger partial charge in [-0.1, -0.05) is 0 Å². The summed E-state index contributed by atoms with van der Waals surface area (Å²) in [6.45, 7) is 6.90. The Kier molecular flexibility index (Phi) is 2.79. The summed E-state index contributed by atoms with van der Waals surface area (Å²) in [4.78, 5) is 6.93. The second-order valence-electron chi connectivity index (χ2n) is 5.61. The van der Waals surface area contributed by atoms with Crippen molar-refractivity contribution in [2.24, 2.45) is 5.41 Å². The molecule has 0 bridgehead atoms. The van der Waals surface area contributed by atoms with Crippen LogP contribution in [0.1, 0.15) is 24.8 Å². The summed E-state index contributed by atoms with van der Waals surface area (Å²) in [5.41, 5.74) is 1.90. The molecule has 0 unspecified atom stereocenters. The van der Waals surface area contributed by atoms with E-state index in [1.165, 1.54) is 37.9 Å². The molecule has 17 heavy (non-hydrogen) atoms. The number of pyridine rings is 1. The van der Waals surface area contributed by atoms with Gasteiger partial charge in [0.25, 0.3) is 0 Å². The van der Waals surface area contributed by atoms with Crippen molar-refractivity contribution in [3.05, 3.63) is 23.9 Å². The number of hydrogen-bond donors (Lipinski definition) is 1. The number of rotatable bonds is 1. The lowest BCUT2D eigenvalue weighted by atomic mass is 9.78. The van der Waals surface area contributed by atoms with Gasteiger partial charge in [-0.15, -0.1) is 0 Å². The van der Waals surface area contributed by atoms with Gasteiger partial charge in [0.2, 0.25) is 0 Å². The highest BCUT2D eigenvalue weighted by Gasteiger charge is 2.37. The van der Waals surface area contributed by atoms with Crippen LogP contribution in [0, 0.1) is 12.3 Å². The third-order valence-corrected chi connectivity index (χ3v) is 4.38. The zero-order chi connectivity index (χ0) is 11.7. The summed E-state index contributed by atoms with van der Waals surface area (Å²) in [5.74, 6) is 1.16. The van der Waals surface area contributed by atoms with Crippen LogP contribution in [-0.4, -0.2) is 31.2 Å². The van der Waals surface area contributed by atoms with Gasteiger partial charge in [-0.05, 0) is 55.8 Å². The number of hydrogen-bond acceptors (Lipinski definition) is 3. The number of piperidine rings is 1. The topological polar surface area (TPSA) is 28.2 Å². The Morgan fingerprint density at radius 2 is 2.12 bits per heavy atom. The van der Waals surface area contributed by atoms with E-state index in [1.54, 1.807) is 0 Å². The van der Waals surface area contributed by atoms with Crippen LogP contribution in [0.2, 0.25) is 0 Å². The molecule has 2 saturated heterocycles. The molecule has 0 aliphatic carbocycles. The van der Waals surface area contributed by atoms with Crippen LogP contribution >= 0.6 is 0 Å². The Balaban J connectivity index is 1.68. The van der Waals surface area contributed by atoms with Gasteiger partial charge in [0.15, 0.2) is 0 Å². The minimum Gasteiger partial charge on any atom is -0.357 e. The summed E-state index contributed by atoms with van der Waals surface area (Å²) in [5, 5.41) is 3.51. The summed E-state index contributed by atoms with van der Waals surface area (Å²) in [6.07, 6.45) is 5.92. The molecule has 0 saturated carbocycles. The Morgan fingerprint density at radius 1 is 1.29 bits per heavy atom. The van der Waals surface area contributed by atoms with Crippen LogP contribution in [0.25, 0.3) is 0 Å². The summed E-state index contributed by atoms with van der Waals surface area (Å²) in [6, 6.07) is 4.26. The first-order valence-electron chi connectivity index (χ1n) is 6.66. The van der Waals surface area contributed by atoms with Crippen LogP contribution in [0.15, 0.2) is 18.3 Å². The quantitative estimate of drug-likeness (QED) is 0.801. The van der Waals surface area contributed by atoms with E-state index in [-0.39, 0.29) is 0 Å². The van der Waals surface area contributed by atoms with Crippen LogP contribution in [0.4, 0.5) is 5.82 Å². The van der Waals surface area contributed by atoms with E-state index in [2.05, 4.69) is 34.3 Å². The fraction of sp³-hybridized carbons (Fsp3) is 0.643. The van der Waals surface area contributed by atoms with Gasteiger partial charge in [0.1, 0.15) is 5.82 Å². The molecule has 2 aliphatic rings. The molecule has 0 amide bonds. The van der Waals surface area contributed by atoms with Gasteiger partial charge < -0.3 is 10.2 Å². The highest BCUT2D eigenvalue weighted by Crippen LogP contribution is 2.37. The maximum Gasteiger partial charge on any atom is 0.128 e. The number of nitrogens with zero attached hydrogens (tertiary/aromatic N) is 2. The molecule has 2 fully saturated rings. The van der Waals surface area contributed by atoms with E-state index in [9.17, 15) is 0 Å². The molecular formula is C14H21N3. The SMILES string of the molecule is Cc1ccnc(N2CCC3(CCNC3)CC2)c1. The van der Waals surface area contributed by atoms with Crippen molar-refractivity contribution in [2.75, 3.05) is 31.1 Å². The number of anilines is 1. The highest BCUT2D eigenvalue weighted by atomic mass is 15.2. The van der Waals surface area contributed by atoms with Gasteiger partial charge in [-0.2, -0.15) is 0 Å². The van der Waals surface area contributed by atoms with Crippen molar-refractivity contribution in [2.45, 2.75) is 26.2 Å². The maximum atomic E-state index is 4.49. The molecule has 92 valence electrons. The van der Waals surface area contributed by atoms with E-state index in [0.717, 1.165) is 18.9 Å². The molecule has 2 aliphatic heterocycles. The second-order valence-corrected chi connectivity index (χ2v) is 5.61. The predicted octanol–water partition coefficient (Wildman–Crippen LogP) is 1.97. The molecule has 1 aromatic heterocycles. The molecule has 0 aromatic carbocycles. The van der Waals surface area contributed by atoms with Crippen molar-refractivity contribution in [3.63, 3.8) is 0 Å². The summed E-state index contributed by atoms with van der Waals surface area (Å²) >= 11 is 0. The normalized spacial score (nSPS) is 23.2. The highest BCUT2D eigenvalue weighted by molar-refractivity contribution is 5.41. The van der Waals surface area contributed by atoms with Crippen molar-refractivity contribution in [3.8, 4) is 0 Å². The molecule has 1 aromatic rings. The standard InChI is InChI=1S/C14H21N3/c1-12-2-6-16-13(10-12)17-8-4-14(5-9-17)3-7-15-11-14/h2,6,10,15H,3-5,7-9,11H2,1H3. The first-order valence-corrected chi connectivity index (χ1v) is 6.66. The zero-order valence-electron chi connectivity index (χ0n) is 10.6. The Bertz CT molecular complexity index is 386. The third kappa shape index (κ3) is 2.16. The predicted molar refractivity (Wildman–Crippen MR) is 70.3 cm³/mol. The van der Waals surface area contributed by atoms with Crippen LogP contribution in [0.5, 0.6) is 0 Å². The van der Waals surface area contributed by atoms with Crippen molar-refractivity contribution in [1.82, 2.24) is 10.3 Å². The molecule has 0 radical (unpaired) electrons. The molecule has 3 heterocycles. The summed E-state index contributed by atoms with van der Waals surface area (Å²) in [7, 11) is 0. The summed E-state index contributed by atoms with van der Waals surface area (Å²) < 4.78 is 0. The molecule has 3 nitrogen and oxygen atoms in total. The van der Waals surface area contributed by atoms with Gasteiger partial charge >= 0.3 is 0 Å². The minimum absolute atomic E-state index is 0.598. The van der Waals surface area contributed by atoms with E-state index >= 15 is 0 Å². The third-order valence-electron chi connectivity index (χ3n) is 4.38. The fourth-order valence-corrected chi connectivity index (χ4v) is 3.13. The van der Waals surface area contributed by atoms with Crippen LogP contribution in [0.3, 0.4) is 0 Å². The average Bonchev–Trinajstić information content (AvgIpc) is 2.79. The fourth-order valence-electron chi connectivity index (χ4n) is 3.13. The first-order chi connectivity index (χ1) is 8.27. The molecular weight excluding hydrogens is 210 g/mol. The number of aryl methyl sites for hydroxylation is 1. The Morgan fingerprint density at radius 3 is 2.76 bits per heavy atom. The van der Waals surface area contributed by atoms with E-state index in [4.69, 9.17) is 0 Å². The van der Waals surface area contributed by atoms with Crippen molar-refractivity contribution in [1.29, 1.82) is 0 Å². The van der Waals surface area contributed by atoms with E-state index < -0.39 is 0 Å². The molecule has 1 N–H and O–H groups in total. The van der Waals surface area contributed by atoms with Gasteiger partial charge in [-0.25, -0.2) is 4.98 Å². The smallest absolute Gasteiger partial charge is 0.128 e. The second kappa shape index (κ2) is 4.30. The number of nitrogens with one attached hydrogen (secondary N) is 1. The lowest BCUT2D eigenvalue weighted by Crippen LogP contribution is -2.41.